The van der Waals surface area contributed by atoms with Crippen molar-refractivity contribution in [3.63, 3.8) is 0 Å². The first-order chi connectivity index (χ1) is 15.7. The van der Waals surface area contributed by atoms with Crippen molar-refractivity contribution >= 4 is 5.91 Å². The lowest BCUT2D eigenvalue weighted by Crippen LogP contribution is -2.40. The van der Waals surface area contributed by atoms with Crippen molar-refractivity contribution in [2.75, 3.05) is 20.8 Å². The maximum absolute atomic E-state index is 13.2. The third-order valence-electron chi connectivity index (χ3n) is 5.72. The minimum atomic E-state index is -0.265. The van der Waals surface area contributed by atoms with E-state index < -0.39 is 0 Å². The van der Waals surface area contributed by atoms with Crippen molar-refractivity contribution in [3.8, 4) is 11.5 Å². The second-order valence-electron chi connectivity index (χ2n) is 8.04. The monoisotopic (exact) mass is 431 g/mol. The van der Waals surface area contributed by atoms with E-state index in [0.29, 0.717) is 12.6 Å². The molecule has 3 aromatic rings. The minimum absolute atomic E-state index is 0.00238. The van der Waals surface area contributed by atoms with Crippen LogP contribution in [0.4, 0.5) is 0 Å². The van der Waals surface area contributed by atoms with Crippen molar-refractivity contribution in [2.45, 2.75) is 31.5 Å². The summed E-state index contributed by atoms with van der Waals surface area (Å²) in [5.74, 6) is 1.56. The highest BCUT2D eigenvalue weighted by atomic mass is 16.5. The summed E-state index contributed by atoms with van der Waals surface area (Å²) >= 11 is 0. The molecule has 1 heterocycles. The van der Waals surface area contributed by atoms with Gasteiger partial charge in [0.05, 0.1) is 26.8 Å². The fourth-order valence-electron chi connectivity index (χ4n) is 3.82. The van der Waals surface area contributed by atoms with Gasteiger partial charge in [0.2, 0.25) is 5.91 Å². The standard InChI is InChI=1S/C26H29N3O3/c1-31-23-11-5-20(6-12-23)26(21-7-13-24(32-2)14-8-21)28-25(30)18-29(22-9-10-22)17-19-4-3-15-27-16-19/h3-8,11-16,22,26H,9-10,17-18H2,1-2H3,(H,28,30). The smallest absolute Gasteiger partial charge is 0.234 e. The minimum Gasteiger partial charge on any atom is -0.497 e. The molecule has 0 spiro atoms. The van der Waals surface area contributed by atoms with Crippen LogP contribution in [0.1, 0.15) is 35.6 Å². The summed E-state index contributed by atoms with van der Waals surface area (Å²) < 4.78 is 10.6. The van der Waals surface area contributed by atoms with Crippen LogP contribution < -0.4 is 14.8 Å². The Hall–Kier alpha value is -3.38. The van der Waals surface area contributed by atoms with Gasteiger partial charge in [-0.25, -0.2) is 0 Å². The first kappa shape index (κ1) is 21.8. The van der Waals surface area contributed by atoms with Crippen molar-refractivity contribution in [2.24, 2.45) is 0 Å². The van der Waals surface area contributed by atoms with E-state index in [2.05, 4.69) is 21.3 Å². The van der Waals surface area contributed by atoms with Crippen LogP contribution in [-0.4, -0.2) is 42.6 Å². The zero-order valence-corrected chi connectivity index (χ0v) is 18.5. The Morgan fingerprint density at radius 3 is 2.06 bits per heavy atom. The van der Waals surface area contributed by atoms with Gasteiger partial charge in [0.25, 0.3) is 0 Å². The summed E-state index contributed by atoms with van der Waals surface area (Å²) in [6, 6.07) is 19.8. The van der Waals surface area contributed by atoms with Gasteiger partial charge in [-0.1, -0.05) is 30.3 Å². The largest absolute Gasteiger partial charge is 0.497 e. The molecule has 0 aliphatic heterocycles. The molecule has 1 fully saturated rings. The van der Waals surface area contributed by atoms with Gasteiger partial charge in [-0.3, -0.25) is 14.7 Å². The average molecular weight is 432 g/mol. The van der Waals surface area contributed by atoms with Crippen LogP contribution in [0.25, 0.3) is 0 Å². The van der Waals surface area contributed by atoms with E-state index in [4.69, 9.17) is 9.47 Å². The number of methoxy groups -OCH3 is 2. The number of hydrogen-bond donors (Lipinski definition) is 1. The van der Waals surface area contributed by atoms with Crippen molar-refractivity contribution in [1.82, 2.24) is 15.2 Å². The average Bonchev–Trinajstić information content (AvgIpc) is 3.69. The maximum atomic E-state index is 13.2. The number of carbonyl (C=O) groups excluding carboxylic acids is 1. The molecule has 1 aliphatic rings. The van der Waals surface area contributed by atoms with E-state index in [1.165, 1.54) is 0 Å². The Morgan fingerprint density at radius 1 is 1.00 bits per heavy atom. The Bertz CT molecular complexity index is 955. The summed E-state index contributed by atoms with van der Waals surface area (Å²) in [7, 11) is 3.29. The van der Waals surface area contributed by atoms with Crippen LogP contribution in [-0.2, 0) is 11.3 Å². The molecule has 1 amide bonds. The lowest BCUT2D eigenvalue weighted by Gasteiger charge is -2.25. The topological polar surface area (TPSA) is 63.7 Å². The number of aromatic nitrogens is 1. The second kappa shape index (κ2) is 10.3. The van der Waals surface area contributed by atoms with Gasteiger partial charge in [-0.05, 0) is 59.9 Å². The summed E-state index contributed by atoms with van der Waals surface area (Å²) in [6.45, 7) is 1.07. The first-order valence-electron chi connectivity index (χ1n) is 10.9. The van der Waals surface area contributed by atoms with E-state index in [-0.39, 0.29) is 11.9 Å². The van der Waals surface area contributed by atoms with Crippen molar-refractivity contribution in [3.05, 3.63) is 89.7 Å². The van der Waals surface area contributed by atoms with Crippen LogP contribution in [0.3, 0.4) is 0 Å². The fourth-order valence-corrected chi connectivity index (χ4v) is 3.82. The van der Waals surface area contributed by atoms with Crippen molar-refractivity contribution < 1.29 is 14.3 Å². The molecule has 2 aromatic carbocycles. The third-order valence-corrected chi connectivity index (χ3v) is 5.72. The van der Waals surface area contributed by atoms with Gasteiger partial charge in [-0.15, -0.1) is 0 Å². The number of rotatable bonds is 10. The van der Waals surface area contributed by atoms with Gasteiger partial charge < -0.3 is 14.8 Å². The lowest BCUT2D eigenvalue weighted by atomic mass is 9.98. The van der Waals surface area contributed by atoms with Crippen LogP contribution in [0.2, 0.25) is 0 Å². The molecule has 4 rings (SSSR count). The van der Waals surface area contributed by atoms with E-state index >= 15 is 0 Å². The van der Waals surface area contributed by atoms with E-state index in [1.807, 2.05) is 60.8 Å². The summed E-state index contributed by atoms with van der Waals surface area (Å²) in [5, 5.41) is 3.25. The molecule has 0 unspecified atom stereocenters. The third kappa shape index (κ3) is 5.65. The number of carbonyl (C=O) groups is 1. The molecule has 0 radical (unpaired) electrons. The van der Waals surface area contributed by atoms with Crippen LogP contribution in [0.15, 0.2) is 73.1 Å². The number of nitrogens with one attached hydrogen (secondary N) is 1. The van der Waals surface area contributed by atoms with Crippen molar-refractivity contribution in [1.29, 1.82) is 0 Å². The Kier molecular flexibility index (Phi) is 7.02. The number of nitrogens with zero attached hydrogens (tertiary/aromatic N) is 2. The normalized spacial score (nSPS) is 13.2. The number of pyridine rings is 1. The number of amides is 1. The summed E-state index contributed by atoms with van der Waals surface area (Å²) in [5.41, 5.74) is 3.11. The second-order valence-corrected chi connectivity index (χ2v) is 8.04. The predicted molar refractivity (Wildman–Crippen MR) is 124 cm³/mol. The first-order valence-corrected chi connectivity index (χ1v) is 10.9. The molecule has 6 heteroatoms. The van der Waals surface area contributed by atoms with Crippen LogP contribution >= 0.6 is 0 Å². The van der Waals surface area contributed by atoms with Crippen LogP contribution in [0, 0.1) is 0 Å². The van der Waals surface area contributed by atoms with Gasteiger partial charge in [0.1, 0.15) is 11.5 Å². The Labute approximate surface area is 189 Å². The molecule has 0 bridgehead atoms. The van der Waals surface area contributed by atoms with E-state index in [0.717, 1.165) is 47.6 Å². The molecule has 0 atom stereocenters. The van der Waals surface area contributed by atoms with Gasteiger partial charge >= 0.3 is 0 Å². The molecule has 1 aliphatic carbocycles. The molecule has 1 aromatic heterocycles. The van der Waals surface area contributed by atoms with Crippen LogP contribution in [0.5, 0.6) is 11.5 Å². The summed E-state index contributed by atoms with van der Waals surface area (Å²) in [4.78, 5) is 19.6. The van der Waals surface area contributed by atoms with E-state index in [1.54, 1.807) is 20.4 Å². The molecule has 6 nitrogen and oxygen atoms in total. The molecule has 1 saturated carbocycles. The number of hydrogen-bond acceptors (Lipinski definition) is 5. The number of ether oxygens (including phenoxy) is 2. The summed E-state index contributed by atoms with van der Waals surface area (Å²) in [6.07, 6.45) is 5.90. The number of benzene rings is 2. The van der Waals surface area contributed by atoms with Gasteiger partial charge in [0, 0.05) is 25.0 Å². The lowest BCUT2D eigenvalue weighted by molar-refractivity contribution is -0.123. The molecule has 32 heavy (non-hydrogen) atoms. The fraction of sp³-hybridized carbons (Fsp3) is 0.308. The molecular formula is C26H29N3O3. The molecule has 0 saturated heterocycles. The van der Waals surface area contributed by atoms with Gasteiger partial charge in [-0.2, -0.15) is 0 Å². The van der Waals surface area contributed by atoms with Gasteiger partial charge in [0.15, 0.2) is 0 Å². The molecular weight excluding hydrogens is 402 g/mol. The quantitative estimate of drug-likeness (QED) is 0.526. The molecule has 166 valence electrons. The van der Waals surface area contributed by atoms with E-state index in [9.17, 15) is 4.79 Å². The highest BCUT2D eigenvalue weighted by Crippen LogP contribution is 2.29. The Balaban J connectivity index is 1.51. The Morgan fingerprint density at radius 2 is 1.59 bits per heavy atom. The molecule has 1 N–H and O–H groups in total. The zero-order chi connectivity index (χ0) is 22.3. The zero-order valence-electron chi connectivity index (χ0n) is 18.5. The predicted octanol–water partition coefficient (Wildman–Crippen LogP) is 3.97. The highest BCUT2D eigenvalue weighted by Gasteiger charge is 2.31. The highest BCUT2D eigenvalue weighted by molar-refractivity contribution is 5.79. The maximum Gasteiger partial charge on any atom is 0.234 e. The SMILES string of the molecule is COc1ccc(C(NC(=O)CN(Cc2cccnc2)C2CC2)c2ccc(OC)cc2)cc1.